The molecule has 2 aromatic rings. The van der Waals surface area contributed by atoms with Crippen molar-refractivity contribution in [2.24, 2.45) is 0 Å². The van der Waals surface area contributed by atoms with Crippen LogP contribution in [-0.2, 0) is 0 Å². The van der Waals surface area contributed by atoms with E-state index in [-0.39, 0.29) is 0 Å². The highest BCUT2D eigenvalue weighted by molar-refractivity contribution is 5.81. The summed E-state index contributed by atoms with van der Waals surface area (Å²) in [4.78, 5) is 12.4. The predicted octanol–water partition coefficient (Wildman–Crippen LogP) is 3.29. The van der Waals surface area contributed by atoms with Gasteiger partial charge < -0.3 is 14.4 Å². The molecule has 0 bridgehead atoms. The molecule has 0 unspecified atom stereocenters. The fraction of sp³-hybridized carbons (Fsp3) is 0.357. The number of carboxylic acid groups (broad SMARTS) is 1. The molecule has 2 heterocycles. The Morgan fingerprint density at radius 3 is 2.78 bits per heavy atom. The first-order valence-corrected chi connectivity index (χ1v) is 6.19. The molecular formula is C14H15NO3. The number of fused-ring (bicyclic) bond motifs is 1. The molecule has 0 radical (unpaired) electrons. The Balaban J connectivity index is 1.84. The number of furan rings is 1. The minimum atomic E-state index is -0.810. The van der Waals surface area contributed by atoms with Crippen molar-refractivity contribution in [3.05, 3.63) is 36.1 Å². The lowest BCUT2D eigenvalue weighted by atomic mass is 9.88. The summed E-state index contributed by atoms with van der Waals surface area (Å²) in [5.74, 6) is 0.432. The van der Waals surface area contributed by atoms with Crippen LogP contribution in [0.2, 0.25) is 0 Å². The highest BCUT2D eigenvalue weighted by Gasteiger charge is 2.24. The van der Waals surface area contributed by atoms with E-state index in [1.807, 2.05) is 18.2 Å². The summed E-state index contributed by atoms with van der Waals surface area (Å²) in [5.41, 5.74) is 2.19. The normalized spacial score (nSPS) is 17.2. The Kier molecular flexibility index (Phi) is 2.70. The molecule has 1 amide bonds. The van der Waals surface area contributed by atoms with Crippen LogP contribution in [0.3, 0.4) is 0 Å². The Labute approximate surface area is 105 Å². The number of hydrogen-bond donors (Lipinski definition) is 1. The number of carbonyl (C=O) groups is 1. The Hall–Kier alpha value is -1.97. The van der Waals surface area contributed by atoms with E-state index < -0.39 is 6.09 Å². The second-order valence-corrected chi connectivity index (χ2v) is 4.72. The minimum Gasteiger partial charge on any atom is -0.465 e. The van der Waals surface area contributed by atoms with Crippen LogP contribution in [0, 0.1) is 0 Å². The summed E-state index contributed by atoms with van der Waals surface area (Å²) in [7, 11) is 0. The number of rotatable bonds is 1. The van der Waals surface area contributed by atoms with Crippen molar-refractivity contribution < 1.29 is 14.3 Å². The van der Waals surface area contributed by atoms with Gasteiger partial charge in [0.25, 0.3) is 0 Å². The molecule has 1 aromatic heterocycles. The van der Waals surface area contributed by atoms with E-state index >= 15 is 0 Å². The number of nitrogens with zero attached hydrogens (tertiary/aromatic N) is 1. The highest BCUT2D eigenvalue weighted by atomic mass is 16.4. The maximum atomic E-state index is 10.9. The molecule has 94 valence electrons. The van der Waals surface area contributed by atoms with Gasteiger partial charge in [-0.2, -0.15) is 0 Å². The fourth-order valence-corrected chi connectivity index (χ4v) is 2.76. The van der Waals surface area contributed by atoms with Gasteiger partial charge in [0.2, 0.25) is 0 Å². The van der Waals surface area contributed by atoms with Gasteiger partial charge in [0, 0.05) is 18.5 Å². The first-order valence-electron chi connectivity index (χ1n) is 6.19. The molecule has 0 aliphatic carbocycles. The van der Waals surface area contributed by atoms with Gasteiger partial charge in [0.15, 0.2) is 0 Å². The van der Waals surface area contributed by atoms with E-state index in [0.717, 1.165) is 23.8 Å². The predicted molar refractivity (Wildman–Crippen MR) is 67.8 cm³/mol. The number of benzene rings is 1. The van der Waals surface area contributed by atoms with Crippen LogP contribution >= 0.6 is 0 Å². The zero-order chi connectivity index (χ0) is 12.5. The molecule has 1 saturated heterocycles. The van der Waals surface area contributed by atoms with E-state index in [0.29, 0.717) is 19.0 Å². The van der Waals surface area contributed by atoms with E-state index in [1.165, 1.54) is 10.5 Å². The largest absolute Gasteiger partial charge is 0.465 e. The van der Waals surface area contributed by atoms with Crippen molar-refractivity contribution in [2.45, 2.75) is 18.8 Å². The number of amides is 1. The van der Waals surface area contributed by atoms with Crippen LogP contribution < -0.4 is 0 Å². The quantitative estimate of drug-likeness (QED) is 0.838. The van der Waals surface area contributed by atoms with Gasteiger partial charge >= 0.3 is 6.09 Å². The molecular weight excluding hydrogens is 230 g/mol. The highest BCUT2D eigenvalue weighted by Crippen LogP contribution is 2.33. The summed E-state index contributed by atoms with van der Waals surface area (Å²) in [6, 6.07) is 8.09. The molecule has 3 rings (SSSR count). The molecule has 1 fully saturated rings. The van der Waals surface area contributed by atoms with E-state index in [1.54, 1.807) is 6.26 Å². The van der Waals surface area contributed by atoms with E-state index in [4.69, 9.17) is 9.52 Å². The van der Waals surface area contributed by atoms with Crippen LogP contribution in [0.15, 0.2) is 34.9 Å². The molecule has 1 aromatic carbocycles. The van der Waals surface area contributed by atoms with Gasteiger partial charge in [-0.05, 0) is 36.5 Å². The van der Waals surface area contributed by atoms with Crippen LogP contribution in [-0.4, -0.2) is 29.2 Å². The zero-order valence-corrected chi connectivity index (χ0v) is 10.0. The standard InChI is InChI=1S/C14H15NO3/c16-14(17)15-7-4-10(5-8-15)11-2-1-3-13-12(11)6-9-18-13/h1-3,6,9-10H,4-5,7-8H2,(H,16,17). The smallest absolute Gasteiger partial charge is 0.407 e. The topological polar surface area (TPSA) is 53.7 Å². The number of likely N-dealkylation sites (tertiary alicyclic amines) is 1. The average molecular weight is 245 g/mol. The minimum absolute atomic E-state index is 0.432. The third kappa shape index (κ3) is 1.83. The average Bonchev–Trinajstić information content (AvgIpc) is 2.87. The lowest BCUT2D eigenvalue weighted by molar-refractivity contribution is 0.132. The molecule has 0 saturated carbocycles. The van der Waals surface area contributed by atoms with Crippen molar-refractivity contribution in [1.29, 1.82) is 0 Å². The van der Waals surface area contributed by atoms with Crippen LogP contribution in [0.4, 0.5) is 4.79 Å². The van der Waals surface area contributed by atoms with Crippen molar-refractivity contribution in [1.82, 2.24) is 4.90 Å². The van der Waals surface area contributed by atoms with Crippen LogP contribution in [0.1, 0.15) is 24.3 Å². The molecule has 1 aliphatic heterocycles. The molecule has 1 N–H and O–H groups in total. The lowest BCUT2D eigenvalue weighted by Gasteiger charge is -2.30. The van der Waals surface area contributed by atoms with Gasteiger partial charge in [0.05, 0.1) is 6.26 Å². The maximum Gasteiger partial charge on any atom is 0.407 e. The van der Waals surface area contributed by atoms with Gasteiger partial charge in [-0.1, -0.05) is 12.1 Å². The van der Waals surface area contributed by atoms with Gasteiger partial charge in [0.1, 0.15) is 5.58 Å². The maximum absolute atomic E-state index is 10.9. The lowest BCUT2D eigenvalue weighted by Crippen LogP contribution is -2.36. The van der Waals surface area contributed by atoms with Gasteiger partial charge in [-0.3, -0.25) is 0 Å². The number of hydrogen-bond acceptors (Lipinski definition) is 2. The van der Waals surface area contributed by atoms with Gasteiger partial charge in [-0.15, -0.1) is 0 Å². The molecule has 18 heavy (non-hydrogen) atoms. The van der Waals surface area contributed by atoms with E-state index in [9.17, 15) is 4.79 Å². The molecule has 0 atom stereocenters. The third-order valence-corrected chi connectivity index (χ3v) is 3.73. The van der Waals surface area contributed by atoms with Gasteiger partial charge in [-0.25, -0.2) is 4.79 Å². The monoisotopic (exact) mass is 245 g/mol. The van der Waals surface area contributed by atoms with Crippen molar-refractivity contribution in [3.8, 4) is 0 Å². The second kappa shape index (κ2) is 4.37. The van der Waals surface area contributed by atoms with Crippen LogP contribution in [0.25, 0.3) is 11.0 Å². The molecule has 1 aliphatic rings. The van der Waals surface area contributed by atoms with Crippen LogP contribution in [0.5, 0.6) is 0 Å². The summed E-state index contributed by atoms with van der Waals surface area (Å²) in [6.07, 6.45) is 2.67. The zero-order valence-electron chi connectivity index (χ0n) is 10.0. The summed E-state index contributed by atoms with van der Waals surface area (Å²) >= 11 is 0. The Bertz CT molecular complexity index is 567. The fourth-order valence-electron chi connectivity index (χ4n) is 2.76. The van der Waals surface area contributed by atoms with Crippen molar-refractivity contribution in [3.63, 3.8) is 0 Å². The van der Waals surface area contributed by atoms with E-state index in [2.05, 4.69) is 6.07 Å². The van der Waals surface area contributed by atoms with Crippen molar-refractivity contribution >= 4 is 17.1 Å². The Morgan fingerprint density at radius 1 is 1.28 bits per heavy atom. The molecule has 4 heteroatoms. The SMILES string of the molecule is O=C(O)N1CCC(c2cccc3occc23)CC1. The molecule has 4 nitrogen and oxygen atoms in total. The Morgan fingerprint density at radius 2 is 2.06 bits per heavy atom. The third-order valence-electron chi connectivity index (χ3n) is 3.73. The molecule has 0 spiro atoms. The van der Waals surface area contributed by atoms with Crippen molar-refractivity contribution in [2.75, 3.05) is 13.1 Å². The summed E-state index contributed by atoms with van der Waals surface area (Å²) in [6.45, 7) is 1.24. The first kappa shape index (κ1) is 11.1. The second-order valence-electron chi connectivity index (χ2n) is 4.72. The first-order chi connectivity index (χ1) is 8.75. The summed E-state index contributed by atoms with van der Waals surface area (Å²) < 4.78 is 5.40. The number of piperidine rings is 1. The summed E-state index contributed by atoms with van der Waals surface area (Å²) in [5, 5.41) is 10.1.